The summed E-state index contributed by atoms with van der Waals surface area (Å²) in [5.41, 5.74) is -2.78. The van der Waals surface area contributed by atoms with Crippen molar-refractivity contribution in [2.45, 2.75) is 44.5 Å². The molecule has 2 saturated heterocycles. The minimum absolute atomic E-state index is 0.00329. The molecule has 0 spiro atoms. The van der Waals surface area contributed by atoms with Crippen molar-refractivity contribution in [1.29, 1.82) is 0 Å². The second kappa shape index (κ2) is 11.9. The fraction of sp³-hybridized carbons (Fsp3) is 0.406. The number of halogens is 5. The van der Waals surface area contributed by atoms with E-state index in [0.29, 0.717) is 37.8 Å². The molecule has 3 atom stereocenters. The van der Waals surface area contributed by atoms with Crippen LogP contribution in [0.2, 0.25) is 5.02 Å². The number of urea groups is 1. The highest BCUT2D eigenvalue weighted by molar-refractivity contribution is 6.30. The molecule has 0 bridgehead atoms. The number of ether oxygens (including phenoxy) is 1. The van der Waals surface area contributed by atoms with Gasteiger partial charge in [-0.15, -0.1) is 0 Å². The van der Waals surface area contributed by atoms with Crippen molar-refractivity contribution in [1.82, 2.24) is 20.1 Å². The molecule has 12 heteroatoms. The van der Waals surface area contributed by atoms with Crippen LogP contribution in [0.25, 0.3) is 0 Å². The van der Waals surface area contributed by atoms with Crippen molar-refractivity contribution < 1.29 is 31.9 Å². The first kappa shape index (κ1) is 31.6. The first-order valence-electron chi connectivity index (χ1n) is 14.2. The number of carbonyl (C=O) groups is 2. The first-order chi connectivity index (χ1) is 20.6. The molecular formula is C32H33ClF4N4O3. The van der Waals surface area contributed by atoms with Crippen molar-refractivity contribution in [3.8, 4) is 0 Å². The van der Waals surface area contributed by atoms with Crippen LogP contribution < -0.4 is 5.32 Å². The predicted octanol–water partition coefficient (Wildman–Crippen LogP) is 6.89. The second-order valence-corrected chi connectivity index (χ2v) is 12.8. The summed E-state index contributed by atoms with van der Waals surface area (Å²) in [6, 6.07) is 13.6. The molecular weight excluding hydrogens is 600 g/mol. The van der Waals surface area contributed by atoms with E-state index < -0.39 is 40.8 Å². The number of nitrogens with one attached hydrogen (secondary N) is 1. The number of benzene rings is 2. The smallest absolute Gasteiger partial charge is 0.416 e. The van der Waals surface area contributed by atoms with Gasteiger partial charge in [0.05, 0.1) is 16.3 Å². The van der Waals surface area contributed by atoms with E-state index in [2.05, 4.69) is 10.3 Å². The van der Waals surface area contributed by atoms with Crippen LogP contribution in [-0.4, -0.2) is 58.7 Å². The molecule has 44 heavy (non-hydrogen) atoms. The van der Waals surface area contributed by atoms with Crippen LogP contribution in [0.3, 0.4) is 0 Å². The van der Waals surface area contributed by atoms with E-state index in [1.165, 1.54) is 18.3 Å². The summed E-state index contributed by atoms with van der Waals surface area (Å²) in [5, 5.41) is 3.26. The lowest BCUT2D eigenvalue weighted by Crippen LogP contribution is -2.53. The average molecular weight is 633 g/mol. The van der Waals surface area contributed by atoms with Gasteiger partial charge in [-0.2, -0.15) is 13.2 Å². The van der Waals surface area contributed by atoms with Gasteiger partial charge in [-0.1, -0.05) is 41.9 Å². The Morgan fingerprint density at radius 1 is 0.932 bits per heavy atom. The quantitative estimate of drug-likeness (QED) is 0.311. The number of alkyl halides is 3. The number of likely N-dealkylation sites (tertiary alicyclic amines) is 2. The average Bonchev–Trinajstić information content (AvgIpc) is 3.52. The lowest BCUT2D eigenvalue weighted by molar-refractivity contribution is -0.137. The topological polar surface area (TPSA) is 74.8 Å². The highest BCUT2D eigenvalue weighted by Crippen LogP contribution is 2.39. The van der Waals surface area contributed by atoms with Crippen molar-refractivity contribution in [3.63, 3.8) is 0 Å². The summed E-state index contributed by atoms with van der Waals surface area (Å²) < 4.78 is 62.1. The minimum atomic E-state index is -4.83. The molecule has 1 N–H and O–H groups in total. The molecule has 1 aromatic heterocycles. The number of pyridine rings is 1. The van der Waals surface area contributed by atoms with E-state index in [0.717, 1.165) is 12.1 Å². The highest BCUT2D eigenvalue weighted by Gasteiger charge is 2.47. The molecule has 234 valence electrons. The Hall–Kier alpha value is -3.86. The van der Waals surface area contributed by atoms with Crippen LogP contribution in [0.1, 0.15) is 43.2 Å². The van der Waals surface area contributed by atoms with Crippen LogP contribution in [0, 0.1) is 17.7 Å². The Kier molecular flexibility index (Phi) is 8.54. The molecule has 2 unspecified atom stereocenters. The maximum Gasteiger partial charge on any atom is 0.416 e. The van der Waals surface area contributed by atoms with Gasteiger partial charge >= 0.3 is 18.3 Å². The van der Waals surface area contributed by atoms with Gasteiger partial charge in [0.25, 0.3) is 0 Å². The lowest BCUT2D eigenvalue weighted by atomic mass is 9.79. The Bertz CT molecular complexity index is 1500. The molecule has 5 rings (SSSR count). The Morgan fingerprint density at radius 2 is 1.55 bits per heavy atom. The van der Waals surface area contributed by atoms with Crippen LogP contribution >= 0.6 is 11.6 Å². The standard InChI is InChI=1S/C32H33ClF4N4O3/c1-30(2,3)44-29(43)41-18-21-16-40(17-22(21)19-41)28(42)39-31(14-20-7-5-4-6-8-20,27-10-9-25(33)15-38-27)23-11-24(32(35,36)37)13-26(34)12-23/h4-13,15,21-22H,14,16-19H2,1-3H3,(H,39,42)/t21?,22?,31-/m0/s1. The van der Waals surface area contributed by atoms with Crippen molar-refractivity contribution in [2.75, 3.05) is 26.2 Å². The molecule has 2 aliphatic rings. The largest absolute Gasteiger partial charge is 0.444 e. The van der Waals surface area contributed by atoms with Crippen molar-refractivity contribution in [2.24, 2.45) is 11.8 Å². The van der Waals surface area contributed by atoms with E-state index in [1.807, 2.05) is 0 Å². The molecule has 2 aliphatic heterocycles. The predicted molar refractivity (Wildman–Crippen MR) is 156 cm³/mol. The zero-order chi connectivity index (χ0) is 31.9. The van der Waals surface area contributed by atoms with Crippen LogP contribution in [0.5, 0.6) is 0 Å². The van der Waals surface area contributed by atoms with E-state index in [9.17, 15) is 27.2 Å². The third-order valence-electron chi connectivity index (χ3n) is 7.94. The molecule has 0 radical (unpaired) electrons. The van der Waals surface area contributed by atoms with Gasteiger partial charge in [-0.25, -0.2) is 14.0 Å². The molecule has 2 aromatic carbocycles. The van der Waals surface area contributed by atoms with Crippen molar-refractivity contribution >= 4 is 23.7 Å². The Morgan fingerprint density at radius 3 is 2.11 bits per heavy atom. The van der Waals surface area contributed by atoms with Crippen LogP contribution in [0.4, 0.5) is 27.2 Å². The molecule has 0 aliphatic carbocycles. The van der Waals surface area contributed by atoms with E-state index in [4.69, 9.17) is 16.3 Å². The zero-order valence-corrected chi connectivity index (χ0v) is 25.3. The number of hydrogen-bond acceptors (Lipinski definition) is 4. The third-order valence-corrected chi connectivity index (χ3v) is 8.16. The van der Waals surface area contributed by atoms with E-state index >= 15 is 0 Å². The Balaban J connectivity index is 1.50. The SMILES string of the molecule is CC(C)(C)OC(=O)N1CC2CN(C(=O)N[C@@](Cc3ccccc3)(c3cc(F)cc(C(F)(F)F)c3)c3ccc(Cl)cn3)CC2C1. The molecule has 0 saturated carbocycles. The van der Waals surface area contributed by atoms with Gasteiger partial charge in [-0.3, -0.25) is 4.98 Å². The number of nitrogens with zero attached hydrogens (tertiary/aromatic N) is 3. The third kappa shape index (κ3) is 6.93. The maximum atomic E-state index is 14.9. The summed E-state index contributed by atoms with van der Waals surface area (Å²) in [7, 11) is 0. The number of carbonyl (C=O) groups excluding carboxylic acids is 2. The fourth-order valence-electron chi connectivity index (χ4n) is 5.95. The number of amides is 3. The number of hydrogen-bond donors (Lipinski definition) is 1. The van der Waals surface area contributed by atoms with Crippen LogP contribution in [0.15, 0.2) is 66.9 Å². The summed E-state index contributed by atoms with van der Waals surface area (Å²) in [6.45, 7) is 6.85. The molecule has 3 amide bonds. The molecule has 3 heterocycles. The lowest BCUT2D eigenvalue weighted by Gasteiger charge is -2.37. The van der Waals surface area contributed by atoms with Crippen LogP contribution in [-0.2, 0) is 22.9 Å². The first-order valence-corrected chi connectivity index (χ1v) is 14.6. The summed E-state index contributed by atoms with van der Waals surface area (Å²) in [5.74, 6) is -1.11. The van der Waals surface area contributed by atoms with Gasteiger partial charge in [-0.05, 0) is 62.2 Å². The molecule has 7 nitrogen and oxygen atoms in total. The maximum absolute atomic E-state index is 14.9. The van der Waals surface area contributed by atoms with Gasteiger partial charge < -0.3 is 19.9 Å². The Labute approximate surface area is 258 Å². The number of aromatic nitrogens is 1. The number of rotatable bonds is 5. The van der Waals surface area contributed by atoms with E-state index in [1.54, 1.807) is 60.9 Å². The summed E-state index contributed by atoms with van der Waals surface area (Å²) >= 11 is 6.11. The summed E-state index contributed by atoms with van der Waals surface area (Å²) in [4.78, 5) is 34.3. The minimum Gasteiger partial charge on any atom is -0.444 e. The highest BCUT2D eigenvalue weighted by atomic mass is 35.5. The molecule has 3 aromatic rings. The van der Waals surface area contributed by atoms with Gasteiger partial charge in [0.15, 0.2) is 0 Å². The second-order valence-electron chi connectivity index (χ2n) is 12.4. The van der Waals surface area contributed by atoms with Gasteiger partial charge in [0.2, 0.25) is 0 Å². The zero-order valence-electron chi connectivity index (χ0n) is 24.5. The molecule has 2 fully saturated rings. The fourth-order valence-corrected chi connectivity index (χ4v) is 6.06. The monoisotopic (exact) mass is 632 g/mol. The van der Waals surface area contributed by atoms with Crippen molar-refractivity contribution in [3.05, 3.63) is 100 Å². The van der Waals surface area contributed by atoms with Gasteiger partial charge in [0, 0.05) is 50.6 Å². The van der Waals surface area contributed by atoms with Gasteiger partial charge in [0.1, 0.15) is 17.0 Å². The normalized spacial score (nSPS) is 19.8. The van der Waals surface area contributed by atoms with E-state index in [-0.39, 0.29) is 34.5 Å². The summed E-state index contributed by atoms with van der Waals surface area (Å²) in [6.07, 6.45) is -3.94. The number of fused-ring (bicyclic) bond motifs is 1.